The van der Waals surface area contributed by atoms with Gasteiger partial charge in [-0.25, -0.2) is 4.40 Å². The molecule has 1 heterocycles. The van der Waals surface area contributed by atoms with Gasteiger partial charge in [-0.3, -0.25) is 14.5 Å². The minimum Gasteiger partial charge on any atom is -0.282 e. The molecule has 0 atom stereocenters. The van der Waals surface area contributed by atoms with Gasteiger partial charge in [-0.1, -0.05) is 6.08 Å². The van der Waals surface area contributed by atoms with Crippen molar-refractivity contribution in [3.05, 3.63) is 11.0 Å². The van der Waals surface area contributed by atoms with E-state index < -0.39 is 0 Å². The Balaban J connectivity index is 2.49. The summed E-state index contributed by atoms with van der Waals surface area (Å²) in [6.07, 6.45) is 4.26. The highest BCUT2D eigenvalue weighted by molar-refractivity contribution is 8.01. The zero-order valence-electron chi connectivity index (χ0n) is 9.44. The Labute approximate surface area is 99.9 Å². The molecule has 1 aliphatic rings. The maximum atomic E-state index is 11.5. The van der Waals surface area contributed by atoms with Crippen LogP contribution in [0, 0.1) is 0 Å². The molecule has 0 N–H and O–H groups in total. The number of nitrogens with zero attached hydrogens (tertiary/aromatic N) is 2. The number of carbonyl (C=O) groups is 2. The van der Waals surface area contributed by atoms with Crippen LogP contribution in [0.5, 0.6) is 0 Å². The summed E-state index contributed by atoms with van der Waals surface area (Å²) in [5.74, 6) is -0.105. The van der Waals surface area contributed by atoms with Crippen molar-refractivity contribution in [2.45, 2.75) is 32.6 Å². The summed E-state index contributed by atoms with van der Waals surface area (Å²) < 4.78 is 3.72. The molecule has 1 saturated heterocycles. The summed E-state index contributed by atoms with van der Waals surface area (Å²) in [5.41, 5.74) is 0. The molecule has 1 fully saturated rings. The van der Waals surface area contributed by atoms with Crippen LogP contribution in [0.4, 0.5) is 0 Å². The Morgan fingerprint density at radius 1 is 1.50 bits per heavy atom. The van der Waals surface area contributed by atoms with Crippen LogP contribution in [0.1, 0.15) is 32.6 Å². The van der Waals surface area contributed by atoms with Gasteiger partial charge in [0.05, 0.1) is 0 Å². The van der Waals surface area contributed by atoms with Gasteiger partial charge in [0.25, 0.3) is 0 Å². The van der Waals surface area contributed by atoms with E-state index in [1.54, 1.807) is 0 Å². The molecule has 0 unspecified atom stereocenters. The Kier molecular flexibility index (Phi) is 5.25. The van der Waals surface area contributed by atoms with Crippen molar-refractivity contribution in [3.8, 4) is 0 Å². The molecule has 0 aromatic carbocycles. The molecule has 88 valence electrons. The van der Waals surface area contributed by atoms with Crippen molar-refractivity contribution in [1.29, 1.82) is 0 Å². The van der Waals surface area contributed by atoms with Gasteiger partial charge in [0.1, 0.15) is 0 Å². The lowest BCUT2D eigenvalue weighted by Gasteiger charge is -2.24. The third-order valence-electron chi connectivity index (χ3n) is 2.47. The fraction of sp³-hybridized carbons (Fsp3) is 0.545. The molecule has 2 amide bonds. The van der Waals surface area contributed by atoms with Gasteiger partial charge in [-0.2, -0.15) is 0 Å². The number of amides is 2. The number of allylic oxidation sites excluding steroid dienone is 1. The van der Waals surface area contributed by atoms with Crippen LogP contribution in [0.2, 0.25) is 0 Å². The van der Waals surface area contributed by atoms with Gasteiger partial charge in [0, 0.05) is 36.2 Å². The van der Waals surface area contributed by atoms with Crippen molar-refractivity contribution in [2.24, 2.45) is 4.40 Å². The number of hydrogen-bond acceptors (Lipinski definition) is 4. The molecular formula is C11H16N2O2S. The smallest absolute Gasteiger partial charge is 0.229 e. The van der Waals surface area contributed by atoms with E-state index in [-0.39, 0.29) is 11.8 Å². The first-order valence-electron chi connectivity index (χ1n) is 5.30. The van der Waals surface area contributed by atoms with E-state index in [1.165, 1.54) is 16.8 Å². The van der Waals surface area contributed by atoms with Crippen LogP contribution < -0.4 is 0 Å². The molecule has 1 rings (SSSR count). The fourth-order valence-corrected chi connectivity index (χ4v) is 2.05. The Bertz CT molecular complexity index is 310. The fourth-order valence-electron chi connectivity index (χ4n) is 1.60. The normalized spacial score (nSPS) is 17.8. The van der Waals surface area contributed by atoms with E-state index >= 15 is 0 Å². The molecule has 16 heavy (non-hydrogen) atoms. The van der Waals surface area contributed by atoms with E-state index in [1.807, 2.05) is 13.0 Å². The summed E-state index contributed by atoms with van der Waals surface area (Å²) in [6, 6.07) is 0. The van der Waals surface area contributed by atoms with Crippen molar-refractivity contribution >= 4 is 30.5 Å². The zero-order valence-corrected chi connectivity index (χ0v) is 10.3. The van der Waals surface area contributed by atoms with Gasteiger partial charge in [-0.15, -0.1) is 0 Å². The second-order valence-corrected chi connectivity index (χ2v) is 4.48. The molecular weight excluding hydrogens is 224 g/mol. The first-order valence-corrected chi connectivity index (χ1v) is 6.07. The molecule has 0 bridgehead atoms. The summed E-state index contributed by atoms with van der Waals surface area (Å²) >= 11 is 1.29. The molecule has 4 nitrogen and oxygen atoms in total. The van der Waals surface area contributed by atoms with Gasteiger partial charge in [0.15, 0.2) is 0 Å². The number of rotatable bonds is 5. The Hall–Kier alpha value is -1.10. The van der Waals surface area contributed by atoms with E-state index in [0.717, 1.165) is 4.91 Å². The SMILES string of the molecule is C=NS/C(=C\C)CCN1C(=O)CCCC1=O. The predicted molar refractivity (Wildman–Crippen MR) is 66.1 cm³/mol. The van der Waals surface area contributed by atoms with Crippen LogP contribution in [-0.4, -0.2) is 30.0 Å². The monoisotopic (exact) mass is 240 g/mol. The van der Waals surface area contributed by atoms with Gasteiger partial charge in [0.2, 0.25) is 11.8 Å². The number of imide groups is 1. The predicted octanol–water partition coefficient (Wildman–Crippen LogP) is 2.17. The lowest BCUT2D eigenvalue weighted by Crippen LogP contribution is -2.40. The number of hydrogen-bond donors (Lipinski definition) is 0. The van der Waals surface area contributed by atoms with Crippen molar-refractivity contribution < 1.29 is 9.59 Å². The standard InChI is InChI=1S/C11H16N2O2S/c1-3-9(16-12-2)7-8-13-10(14)5-4-6-11(13)15/h3H,2,4-8H2,1H3/b9-3-. The largest absolute Gasteiger partial charge is 0.282 e. The lowest BCUT2D eigenvalue weighted by molar-refractivity contribution is -0.147. The number of piperidine rings is 1. The molecule has 1 aliphatic heterocycles. The highest BCUT2D eigenvalue weighted by Crippen LogP contribution is 2.21. The van der Waals surface area contributed by atoms with E-state index in [4.69, 9.17) is 0 Å². The summed E-state index contributed by atoms with van der Waals surface area (Å²) in [5, 5.41) is 0. The topological polar surface area (TPSA) is 49.7 Å². The molecule has 5 heteroatoms. The minimum atomic E-state index is -0.0525. The average molecular weight is 240 g/mol. The Morgan fingerprint density at radius 2 is 2.12 bits per heavy atom. The van der Waals surface area contributed by atoms with E-state index in [9.17, 15) is 9.59 Å². The maximum absolute atomic E-state index is 11.5. The highest BCUT2D eigenvalue weighted by Gasteiger charge is 2.25. The average Bonchev–Trinajstić information content (AvgIpc) is 2.27. The minimum absolute atomic E-state index is 0.0525. The molecule has 0 aromatic rings. The van der Waals surface area contributed by atoms with Crippen LogP contribution >= 0.6 is 11.9 Å². The van der Waals surface area contributed by atoms with E-state index in [2.05, 4.69) is 11.1 Å². The van der Waals surface area contributed by atoms with Crippen LogP contribution in [-0.2, 0) is 9.59 Å². The van der Waals surface area contributed by atoms with Crippen LogP contribution in [0.25, 0.3) is 0 Å². The van der Waals surface area contributed by atoms with Crippen molar-refractivity contribution in [3.63, 3.8) is 0 Å². The second kappa shape index (κ2) is 6.48. The first kappa shape index (κ1) is 13.0. The maximum Gasteiger partial charge on any atom is 0.229 e. The molecule has 0 aromatic heterocycles. The second-order valence-electron chi connectivity index (χ2n) is 3.52. The van der Waals surface area contributed by atoms with Gasteiger partial charge in [-0.05, 0) is 26.5 Å². The molecule has 0 spiro atoms. The third-order valence-corrected chi connectivity index (χ3v) is 3.27. The molecule has 0 radical (unpaired) electrons. The quantitative estimate of drug-likeness (QED) is 0.420. The van der Waals surface area contributed by atoms with Gasteiger partial charge < -0.3 is 0 Å². The first-order chi connectivity index (χ1) is 7.69. The van der Waals surface area contributed by atoms with Gasteiger partial charge >= 0.3 is 0 Å². The summed E-state index contributed by atoms with van der Waals surface area (Å²) in [6.45, 7) is 5.77. The number of likely N-dealkylation sites (tertiary alicyclic amines) is 1. The van der Waals surface area contributed by atoms with Crippen LogP contribution in [0.15, 0.2) is 15.4 Å². The van der Waals surface area contributed by atoms with Crippen molar-refractivity contribution in [1.82, 2.24) is 4.90 Å². The van der Waals surface area contributed by atoms with Crippen molar-refractivity contribution in [2.75, 3.05) is 6.54 Å². The zero-order chi connectivity index (χ0) is 12.0. The Morgan fingerprint density at radius 3 is 2.62 bits per heavy atom. The van der Waals surface area contributed by atoms with E-state index in [0.29, 0.717) is 32.2 Å². The lowest BCUT2D eigenvalue weighted by atomic mass is 10.1. The molecule has 0 saturated carbocycles. The van der Waals surface area contributed by atoms with Crippen LogP contribution in [0.3, 0.4) is 0 Å². The summed E-state index contributed by atoms with van der Waals surface area (Å²) in [4.78, 5) is 25.4. The highest BCUT2D eigenvalue weighted by atomic mass is 32.2. The molecule has 0 aliphatic carbocycles. The number of carbonyl (C=O) groups excluding carboxylic acids is 2. The third kappa shape index (κ3) is 3.48. The summed E-state index contributed by atoms with van der Waals surface area (Å²) in [7, 11) is 0.